The minimum Gasteiger partial charge on any atom is -0.378 e. The first kappa shape index (κ1) is 25.1. The Morgan fingerprint density at radius 2 is 1.90 bits per heavy atom. The molecule has 1 heterocycles. The number of aliphatic hydroxyl groups excluding tert-OH is 1. The van der Waals surface area contributed by atoms with Crippen molar-refractivity contribution in [1.29, 1.82) is 0 Å². The van der Waals surface area contributed by atoms with Gasteiger partial charge < -0.3 is 10.0 Å². The molecule has 3 N–H and O–H groups in total. The number of fused-ring (bicyclic) bond motifs is 1. The summed E-state index contributed by atoms with van der Waals surface area (Å²) in [5.74, 6) is 0.333. The number of likely N-dealkylation sites (tertiary alicyclic amines) is 1. The van der Waals surface area contributed by atoms with Crippen LogP contribution in [0.5, 0.6) is 0 Å². The number of aliphatic hydroxyl groups is 1. The zero-order valence-corrected chi connectivity index (χ0v) is 19.3. The summed E-state index contributed by atoms with van der Waals surface area (Å²) in [5, 5.41) is 24.4. The SMILES string of the molecule is CCCC[C@H](CN(O)C=O)C(O)N[C@H](C(=O)N1CCCC2CCCCC21)C(C)(C)C. The maximum atomic E-state index is 13.7. The van der Waals surface area contributed by atoms with E-state index in [9.17, 15) is 19.9 Å². The number of hydrogen-bond acceptors (Lipinski definition) is 5. The van der Waals surface area contributed by atoms with E-state index in [0.29, 0.717) is 29.9 Å². The highest BCUT2D eigenvalue weighted by atomic mass is 16.5. The average molecular weight is 426 g/mol. The number of hydrogen-bond donors (Lipinski definition) is 3. The Bertz CT molecular complexity index is 549. The molecule has 1 saturated heterocycles. The van der Waals surface area contributed by atoms with Crippen molar-refractivity contribution in [2.75, 3.05) is 13.1 Å². The molecule has 0 aromatic carbocycles. The number of rotatable bonds is 10. The zero-order valence-electron chi connectivity index (χ0n) is 19.3. The molecule has 0 aromatic heterocycles. The van der Waals surface area contributed by atoms with Gasteiger partial charge in [0.25, 0.3) is 0 Å². The lowest BCUT2D eigenvalue weighted by Crippen LogP contribution is -2.61. The van der Waals surface area contributed by atoms with Crippen LogP contribution in [0.15, 0.2) is 0 Å². The van der Waals surface area contributed by atoms with E-state index in [1.165, 1.54) is 25.7 Å². The predicted molar refractivity (Wildman–Crippen MR) is 117 cm³/mol. The Kier molecular flexibility index (Phi) is 9.57. The maximum Gasteiger partial charge on any atom is 0.240 e. The first-order valence-electron chi connectivity index (χ1n) is 11.8. The summed E-state index contributed by atoms with van der Waals surface area (Å²) in [4.78, 5) is 26.6. The molecule has 3 unspecified atom stereocenters. The largest absolute Gasteiger partial charge is 0.378 e. The predicted octanol–water partition coefficient (Wildman–Crippen LogP) is 3.14. The molecular formula is C23H43N3O4. The van der Waals surface area contributed by atoms with Crippen LogP contribution < -0.4 is 5.32 Å². The molecule has 174 valence electrons. The normalized spacial score (nSPS) is 25.2. The van der Waals surface area contributed by atoms with Crippen molar-refractivity contribution < 1.29 is 19.9 Å². The van der Waals surface area contributed by atoms with E-state index in [-0.39, 0.29) is 23.8 Å². The van der Waals surface area contributed by atoms with Gasteiger partial charge in [-0.05, 0) is 43.4 Å². The van der Waals surface area contributed by atoms with Crippen molar-refractivity contribution in [2.45, 2.75) is 104 Å². The molecule has 2 amide bonds. The van der Waals surface area contributed by atoms with Gasteiger partial charge in [0, 0.05) is 18.5 Å². The third-order valence-corrected chi connectivity index (χ3v) is 6.89. The zero-order chi connectivity index (χ0) is 22.3. The Morgan fingerprint density at radius 1 is 1.23 bits per heavy atom. The molecule has 0 aromatic rings. The number of nitrogens with one attached hydrogen (secondary N) is 1. The van der Waals surface area contributed by atoms with E-state index >= 15 is 0 Å². The van der Waals surface area contributed by atoms with Crippen LogP contribution in [0.1, 0.15) is 85.5 Å². The highest BCUT2D eigenvalue weighted by Crippen LogP contribution is 2.36. The van der Waals surface area contributed by atoms with Crippen molar-refractivity contribution in [3.63, 3.8) is 0 Å². The second kappa shape index (κ2) is 11.4. The molecular weight excluding hydrogens is 382 g/mol. The van der Waals surface area contributed by atoms with Crippen molar-refractivity contribution in [3.05, 3.63) is 0 Å². The van der Waals surface area contributed by atoms with Gasteiger partial charge in [0.2, 0.25) is 12.3 Å². The van der Waals surface area contributed by atoms with E-state index in [4.69, 9.17) is 0 Å². The Labute approximate surface area is 182 Å². The summed E-state index contributed by atoms with van der Waals surface area (Å²) >= 11 is 0. The van der Waals surface area contributed by atoms with E-state index in [1.807, 2.05) is 20.8 Å². The Hall–Kier alpha value is -1.18. The monoisotopic (exact) mass is 425 g/mol. The van der Waals surface area contributed by atoms with Crippen LogP contribution in [0, 0.1) is 17.3 Å². The number of carbonyl (C=O) groups excluding carboxylic acids is 2. The number of hydroxylamine groups is 2. The summed E-state index contributed by atoms with van der Waals surface area (Å²) < 4.78 is 0. The van der Waals surface area contributed by atoms with Gasteiger partial charge >= 0.3 is 0 Å². The minimum atomic E-state index is -0.980. The molecule has 0 radical (unpaired) electrons. The van der Waals surface area contributed by atoms with Crippen molar-refractivity contribution in [1.82, 2.24) is 15.3 Å². The van der Waals surface area contributed by atoms with Crippen LogP contribution in [-0.2, 0) is 9.59 Å². The smallest absolute Gasteiger partial charge is 0.240 e. The van der Waals surface area contributed by atoms with Crippen LogP contribution in [-0.4, -0.2) is 64.0 Å². The van der Waals surface area contributed by atoms with E-state index in [2.05, 4.69) is 17.1 Å². The van der Waals surface area contributed by atoms with E-state index < -0.39 is 12.3 Å². The first-order valence-corrected chi connectivity index (χ1v) is 11.8. The molecule has 1 saturated carbocycles. The lowest BCUT2D eigenvalue weighted by molar-refractivity contribution is -0.157. The summed E-state index contributed by atoms with van der Waals surface area (Å²) in [6.45, 7) is 8.94. The second-order valence-corrected chi connectivity index (χ2v) is 10.3. The number of nitrogens with zero attached hydrogens (tertiary/aromatic N) is 2. The van der Waals surface area contributed by atoms with Crippen molar-refractivity contribution >= 4 is 12.3 Å². The number of amides is 2. The summed E-state index contributed by atoms with van der Waals surface area (Å²) in [6.07, 6.45) is 8.85. The van der Waals surface area contributed by atoms with Crippen LogP contribution in [0.4, 0.5) is 0 Å². The second-order valence-electron chi connectivity index (χ2n) is 10.3. The molecule has 5 atom stereocenters. The fraction of sp³-hybridized carbons (Fsp3) is 0.913. The minimum absolute atomic E-state index is 0.0388. The highest BCUT2D eigenvalue weighted by Gasteiger charge is 2.42. The first-order chi connectivity index (χ1) is 14.2. The maximum absolute atomic E-state index is 13.7. The van der Waals surface area contributed by atoms with Crippen LogP contribution in [0.2, 0.25) is 0 Å². The quantitative estimate of drug-likeness (QED) is 0.216. The van der Waals surface area contributed by atoms with Gasteiger partial charge in [0.1, 0.15) is 6.23 Å². The molecule has 2 fully saturated rings. The summed E-state index contributed by atoms with van der Waals surface area (Å²) in [6, 6.07) is -0.205. The third-order valence-electron chi connectivity index (χ3n) is 6.89. The summed E-state index contributed by atoms with van der Waals surface area (Å²) in [7, 11) is 0. The Morgan fingerprint density at radius 3 is 2.53 bits per heavy atom. The van der Waals surface area contributed by atoms with E-state index in [1.54, 1.807) is 0 Å². The van der Waals surface area contributed by atoms with Crippen molar-refractivity contribution in [3.8, 4) is 0 Å². The number of unbranched alkanes of at least 4 members (excludes halogenated alkanes) is 1. The lowest BCUT2D eigenvalue weighted by Gasteiger charge is -2.47. The average Bonchev–Trinajstić information content (AvgIpc) is 2.72. The van der Waals surface area contributed by atoms with Gasteiger partial charge in [-0.2, -0.15) is 0 Å². The standard InChI is InChI=1S/C23H43N3O4/c1-5-6-10-18(15-25(30)16-27)21(28)24-20(23(2,3)4)22(29)26-14-9-12-17-11-7-8-13-19(17)26/h16-21,24,28,30H,5-15H2,1-4H3/t17?,18-,19?,20-,21?/m1/s1. The van der Waals surface area contributed by atoms with Crippen LogP contribution in [0.25, 0.3) is 0 Å². The molecule has 30 heavy (non-hydrogen) atoms. The molecule has 0 spiro atoms. The number of carbonyl (C=O) groups is 2. The highest BCUT2D eigenvalue weighted by molar-refractivity contribution is 5.83. The van der Waals surface area contributed by atoms with Gasteiger partial charge in [0.05, 0.1) is 12.6 Å². The molecule has 1 aliphatic heterocycles. The van der Waals surface area contributed by atoms with Crippen LogP contribution in [0.3, 0.4) is 0 Å². The molecule has 2 rings (SSSR count). The third kappa shape index (κ3) is 6.66. The topological polar surface area (TPSA) is 93.1 Å². The number of piperidine rings is 1. The lowest BCUT2D eigenvalue weighted by atomic mass is 9.77. The van der Waals surface area contributed by atoms with Crippen molar-refractivity contribution in [2.24, 2.45) is 17.3 Å². The fourth-order valence-corrected chi connectivity index (χ4v) is 5.16. The molecule has 0 bridgehead atoms. The molecule has 7 heteroatoms. The molecule has 7 nitrogen and oxygen atoms in total. The van der Waals surface area contributed by atoms with Gasteiger partial charge in [0.15, 0.2) is 0 Å². The van der Waals surface area contributed by atoms with Gasteiger partial charge in [-0.1, -0.05) is 53.4 Å². The fourth-order valence-electron chi connectivity index (χ4n) is 5.16. The van der Waals surface area contributed by atoms with Gasteiger partial charge in [-0.15, -0.1) is 0 Å². The molecule has 2 aliphatic rings. The van der Waals surface area contributed by atoms with Gasteiger partial charge in [-0.25, -0.2) is 5.06 Å². The molecule has 1 aliphatic carbocycles. The van der Waals surface area contributed by atoms with Gasteiger partial charge in [-0.3, -0.25) is 20.1 Å². The van der Waals surface area contributed by atoms with E-state index in [0.717, 1.165) is 32.2 Å². The van der Waals surface area contributed by atoms with Crippen LogP contribution >= 0.6 is 0 Å². The summed E-state index contributed by atoms with van der Waals surface area (Å²) in [5.41, 5.74) is -0.376. The Balaban J connectivity index is 2.15.